The molecule has 0 amide bonds. The molecule has 0 aliphatic carbocycles. The maximum Gasteiger partial charge on any atom is 0.0827 e. The molecule has 1 N–H and O–H groups in total. The van der Waals surface area contributed by atoms with E-state index in [1.165, 1.54) is 18.4 Å². The normalized spacial score (nSPS) is 22.2. The Balaban J connectivity index is 1.77. The van der Waals surface area contributed by atoms with Crippen LogP contribution in [0.4, 0.5) is 0 Å². The monoisotopic (exact) mass is 270 g/mol. The van der Waals surface area contributed by atoms with E-state index in [0.717, 1.165) is 25.2 Å². The van der Waals surface area contributed by atoms with Crippen LogP contribution in [0.15, 0.2) is 36.5 Å². The molecule has 0 saturated carbocycles. The summed E-state index contributed by atoms with van der Waals surface area (Å²) >= 11 is 0. The minimum Gasteiger partial charge on any atom is -0.314 e. The highest BCUT2D eigenvalue weighted by Crippen LogP contribution is 2.31. The van der Waals surface area contributed by atoms with E-state index < -0.39 is 0 Å². The fraction of sp³-hybridized carbons (Fsp3) is 0.500. The summed E-state index contributed by atoms with van der Waals surface area (Å²) in [6, 6.07) is 11.1. The summed E-state index contributed by atoms with van der Waals surface area (Å²) in [5, 5.41) is 12.1. The van der Waals surface area contributed by atoms with Crippen LogP contribution in [0.25, 0.3) is 0 Å². The van der Waals surface area contributed by atoms with Gasteiger partial charge in [0.1, 0.15) is 0 Å². The number of unbranched alkanes of at least 4 members (excludes halogenated alkanes) is 1. The Kier molecular flexibility index (Phi) is 4.11. The standard InChI is InChI=1S/C16H22N4/c1-2-3-9-14-12-20(19-18-14)16-11-17-10-15(16)13-7-5-4-6-8-13/h4-8,12,15-17H,2-3,9-11H2,1H3/t15-,16+/m0/s1. The first kappa shape index (κ1) is 13.3. The van der Waals surface area contributed by atoms with Gasteiger partial charge in [-0.2, -0.15) is 0 Å². The van der Waals surface area contributed by atoms with Crippen molar-refractivity contribution in [3.05, 3.63) is 47.8 Å². The predicted octanol–water partition coefficient (Wildman–Crippen LogP) is 2.55. The molecule has 1 fully saturated rings. The van der Waals surface area contributed by atoms with E-state index in [1.807, 2.05) is 0 Å². The van der Waals surface area contributed by atoms with Gasteiger partial charge in [0.05, 0.1) is 11.7 Å². The Morgan fingerprint density at radius 1 is 1.25 bits per heavy atom. The molecule has 1 aromatic carbocycles. The number of nitrogens with zero attached hydrogens (tertiary/aromatic N) is 3. The Bertz CT molecular complexity index is 534. The van der Waals surface area contributed by atoms with Crippen molar-refractivity contribution in [3.63, 3.8) is 0 Å². The van der Waals surface area contributed by atoms with E-state index in [0.29, 0.717) is 12.0 Å². The van der Waals surface area contributed by atoms with Gasteiger partial charge in [-0.3, -0.25) is 0 Å². The SMILES string of the molecule is CCCCc1cn([C@@H]2CNC[C@H]2c2ccccc2)nn1. The number of aromatic nitrogens is 3. The molecule has 4 nitrogen and oxygen atoms in total. The summed E-state index contributed by atoms with van der Waals surface area (Å²) in [6.45, 7) is 4.19. The van der Waals surface area contributed by atoms with Crippen LogP contribution in [0.2, 0.25) is 0 Å². The second kappa shape index (κ2) is 6.18. The lowest BCUT2D eigenvalue weighted by Crippen LogP contribution is -2.17. The van der Waals surface area contributed by atoms with Crippen molar-refractivity contribution in [2.24, 2.45) is 0 Å². The van der Waals surface area contributed by atoms with Crippen molar-refractivity contribution in [2.75, 3.05) is 13.1 Å². The molecule has 3 rings (SSSR count). The maximum absolute atomic E-state index is 4.35. The number of benzene rings is 1. The van der Waals surface area contributed by atoms with E-state index >= 15 is 0 Å². The van der Waals surface area contributed by atoms with Crippen molar-refractivity contribution < 1.29 is 0 Å². The molecule has 0 unspecified atom stereocenters. The summed E-state index contributed by atoms with van der Waals surface area (Å²) in [5.74, 6) is 0.483. The minimum absolute atomic E-state index is 0.375. The Morgan fingerprint density at radius 2 is 2.10 bits per heavy atom. The summed E-state index contributed by atoms with van der Waals surface area (Å²) in [7, 11) is 0. The highest BCUT2D eigenvalue weighted by molar-refractivity contribution is 5.23. The molecule has 0 spiro atoms. The van der Waals surface area contributed by atoms with E-state index in [2.05, 4.69) is 63.8 Å². The van der Waals surface area contributed by atoms with Gasteiger partial charge in [0, 0.05) is 25.2 Å². The average Bonchev–Trinajstić information content (AvgIpc) is 3.14. The van der Waals surface area contributed by atoms with Crippen LogP contribution in [-0.4, -0.2) is 28.1 Å². The lowest BCUT2D eigenvalue weighted by Gasteiger charge is -2.18. The van der Waals surface area contributed by atoms with E-state index in [1.54, 1.807) is 0 Å². The lowest BCUT2D eigenvalue weighted by atomic mass is 9.94. The fourth-order valence-electron chi connectivity index (χ4n) is 2.93. The number of nitrogens with one attached hydrogen (secondary N) is 1. The van der Waals surface area contributed by atoms with Gasteiger partial charge < -0.3 is 5.32 Å². The third kappa shape index (κ3) is 2.75. The number of hydrogen-bond donors (Lipinski definition) is 1. The second-order valence-electron chi connectivity index (χ2n) is 5.54. The molecule has 0 bridgehead atoms. The van der Waals surface area contributed by atoms with Crippen molar-refractivity contribution in [2.45, 2.75) is 38.1 Å². The molecule has 1 aliphatic heterocycles. The van der Waals surface area contributed by atoms with Crippen LogP contribution in [0, 0.1) is 0 Å². The van der Waals surface area contributed by atoms with Crippen LogP contribution >= 0.6 is 0 Å². The molecule has 1 aromatic heterocycles. The Morgan fingerprint density at radius 3 is 2.90 bits per heavy atom. The smallest absolute Gasteiger partial charge is 0.0827 e. The maximum atomic E-state index is 4.35. The number of rotatable bonds is 5. The molecule has 4 heteroatoms. The summed E-state index contributed by atoms with van der Waals surface area (Å²) < 4.78 is 2.06. The molecule has 1 aliphatic rings. The highest BCUT2D eigenvalue weighted by Gasteiger charge is 2.30. The van der Waals surface area contributed by atoms with Gasteiger partial charge in [-0.25, -0.2) is 4.68 Å². The van der Waals surface area contributed by atoms with Gasteiger partial charge in [-0.1, -0.05) is 48.9 Å². The van der Waals surface area contributed by atoms with Crippen molar-refractivity contribution in [3.8, 4) is 0 Å². The van der Waals surface area contributed by atoms with Gasteiger partial charge in [0.15, 0.2) is 0 Å². The third-order valence-electron chi connectivity index (χ3n) is 4.09. The number of hydrogen-bond acceptors (Lipinski definition) is 3. The van der Waals surface area contributed by atoms with Gasteiger partial charge in [-0.05, 0) is 18.4 Å². The van der Waals surface area contributed by atoms with Crippen LogP contribution in [0.3, 0.4) is 0 Å². The topological polar surface area (TPSA) is 42.7 Å². The van der Waals surface area contributed by atoms with E-state index in [-0.39, 0.29) is 0 Å². The summed E-state index contributed by atoms with van der Waals surface area (Å²) in [6.07, 6.45) is 5.55. The summed E-state index contributed by atoms with van der Waals surface area (Å²) in [4.78, 5) is 0. The van der Waals surface area contributed by atoms with Gasteiger partial charge >= 0.3 is 0 Å². The third-order valence-corrected chi connectivity index (χ3v) is 4.09. The van der Waals surface area contributed by atoms with Crippen LogP contribution in [0.5, 0.6) is 0 Å². The van der Waals surface area contributed by atoms with Crippen LogP contribution in [-0.2, 0) is 6.42 Å². The van der Waals surface area contributed by atoms with E-state index in [9.17, 15) is 0 Å². The first-order valence-electron chi connectivity index (χ1n) is 7.55. The summed E-state index contributed by atoms with van der Waals surface area (Å²) in [5.41, 5.74) is 2.50. The van der Waals surface area contributed by atoms with Crippen molar-refractivity contribution in [1.29, 1.82) is 0 Å². The first-order chi connectivity index (χ1) is 9.88. The Labute approximate surface area is 120 Å². The van der Waals surface area contributed by atoms with Gasteiger partial charge in [0.2, 0.25) is 0 Å². The predicted molar refractivity (Wildman–Crippen MR) is 79.7 cm³/mol. The molecule has 0 radical (unpaired) electrons. The molecule has 2 heterocycles. The minimum atomic E-state index is 0.375. The zero-order chi connectivity index (χ0) is 13.8. The van der Waals surface area contributed by atoms with Crippen molar-refractivity contribution >= 4 is 0 Å². The zero-order valence-corrected chi connectivity index (χ0v) is 12.0. The number of aryl methyl sites for hydroxylation is 1. The molecular formula is C16H22N4. The zero-order valence-electron chi connectivity index (χ0n) is 12.0. The Hall–Kier alpha value is -1.68. The van der Waals surface area contributed by atoms with Crippen LogP contribution in [0.1, 0.15) is 43.0 Å². The highest BCUT2D eigenvalue weighted by atomic mass is 15.4. The molecule has 1 saturated heterocycles. The van der Waals surface area contributed by atoms with Crippen LogP contribution < -0.4 is 5.32 Å². The fourth-order valence-corrected chi connectivity index (χ4v) is 2.93. The lowest BCUT2D eigenvalue weighted by molar-refractivity contribution is 0.437. The largest absolute Gasteiger partial charge is 0.314 e. The van der Waals surface area contributed by atoms with Gasteiger partial charge in [0.25, 0.3) is 0 Å². The van der Waals surface area contributed by atoms with E-state index in [4.69, 9.17) is 0 Å². The molecule has 20 heavy (non-hydrogen) atoms. The molecule has 2 aromatic rings. The molecule has 2 atom stereocenters. The molecular weight excluding hydrogens is 248 g/mol. The quantitative estimate of drug-likeness (QED) is 0.908. The second-order valence-corrected chi connectivity index (χ2v) is 5.54. The average molecular weight is 270 g/mol. The first-order valence-corrected chi connectivity index (χ1v) is 7.55. The molecule has 106 valence electrons. The van der Waals surface area contributed by atoms with Crippen molar-refractivity contribution in [1.82, 2.24) is 20.3 Å². The van der Waals surface area contributed by atoms with Gasteiger partial charge in [-0.15, -0.1) is 5.10 Å².